The van der Waals surface area contributed by atoms with Crippen LogP contribution in [0.25, 0.3) is 11.3 Å². The molecule has 0 bridgehead atoms. The number of nitrogens with one attached hydrogen (secondary N) is 2. The molecule has 0 aliphatic rings. The van der Waals surface area contributed by atoms with Gasteiger partial charge in [-0.25, -0.2) is 9.78 Å². The molecule has 0 spiro atoms. The number of aliphatic carboxylic acids is 1. The standard InChI is InChI=1S/C13H15N3O4S/c1-6(17)11(13(19)20)16-12(18)9-3-8(4-14-9)10-5-21-7(2)15-10/h3-6,11,14,17H,1-2H3,(H,16,18)(H,19,20). The number of carbonyl (C=O) groups excluding carboxylic acids is 1. The molecule has 21 heavy (non-hydrogen) atoms. The van der Waals surface area contributed by atoms with Crippen LogP contribution in [-0.2, 0) is 4.79 Å². The second-order valence-electron chi connectivity index (χ2n) is 4.58. The Morgan fingerprint density at radius 2 is 2.19 bits per heavy atom. The lowest BCUT2D eigenvalue weighted by Crippen LogP contribution is -2.47. The Balaban J connectivity index is 2.14. The number of hydrogen-bond acceptors (Lipinski definition) is 5. The van der Waals surface area contributed by atoms with Crippen LogP contribution in [-0.4, -0.2) is 44.2 Å². The van der Waals surface area contributed by atoms with Crippen LogP contribution in [0.15, 0.2) is 17.6 Å². The van der Waals surface area contributed by atoms with Crippen LogP contribution in [0, 0.1) is 6.92 Å². The van der Waals surface area contributed by atoms with Crippen molar-refractivity contribution in [2.24, 2.45) is 0 Å². The maximum absolute atomic E-state index is 12.0. The molecule has 2 aromatic heterocycles. The average molecular weight is 309 g/mol. The third-order valence-corrected chi connectivity index (χ3v) is 3.65. The van der Waals surface area contributed by atoms with Crippen LogP contribution in [0.2, 0.25) is 0 Å². The molecule has 7 nitrogen and oxygen atoms in total. The molecule has 0 aromatic carbocycles. The van der Waals surface area contributed by atoms with Gasteiger partial charge in [-0.05, 0) is 19.9 Å². The molecule has 0 aliphatic carbocycles. The minimum atomic E-state index is -1.36. The van der Waals surface area contributed by atoms with Gasteiger partial charge in [-0.2, -0.15) is 0 Å². The molecule has 0 saturated heterocycles. The van der Waals surface area contributed by atoms with Crippen molar-refractivity contribution >= 4 is 23.2 Å². The van der Waals surface area contributed by atoms with Crippen molar-refractivity contribution in [2.45, 2.75) is 26.0 Å². The van der Waals surface area contributed by atoms with Crippen molar-refractivity contribution in [2.75, 3.05) is 0 Å². The van der Waals surface area contributed by atoms with Crippen LogP contribution in [0.5, 0.6) is 0 Å². The van der Waals surface area contributed by atoms with E-state index in [9.17, 15) is 14.7 Å². The number of thiazole rings is 1. The summed E-state index contributed by atoms with van der Waals surface area (Å²) in [7, 11) is 0. The number of nitrogens with zero attached hydrogens (tertiary/aromatic N) is 1. The predicted molar refractivity (Wildman–Crippen MR) is 77.2 cm³/mol. The van der Waals surface area contributed by atoms with E-state index >= 15 is 0 Å². The minimum absolute atomic E-state index is 0.211. The first-order valence-electron chi connectivity index (χ1n) is 6.21. The quantitative estimate of drug-likeness (QED) is 0.658. The molecule has 1 amide bonds. The van der Waals surface area contributed by atoms with Gasteiger partial charge in [0.15, 0.2) is 6.04 Å². The Morgan fingerprint density at radius 1 is 1.48 bits per heavy atom. The summed E-state index contributed by atoms with van der Waals surface area (Å²) >= 11 is 1.50. The third-order valence-electron chi connectivity index (χ3n) is 2.88. The summed E-state index contributed by atoms with van der Waals surface area (Å²) in [5, 5.41) is 23.3. The van der Waals surface area contributed by atoms with Crippen molar-refractivity contribution in [3.63, 3.8) is 0 Å². The molecule has 2 aromatic rings. The number of aliphatic hydroxyl groups is 1. The highest BCUT2D eigenvalue weighted by Crippen LogP contribution is 2.22. The smallest absolute Gasteiger partial charge is 0.328 e. The second kappa shape index (κ2) is 6.06. The van der Waals surface area contributed by atoms with Crippen molar-refractivity contribution in [3.05, 3.63) is 28.3 Å². The van der Waals surface area contributed by atoms with E-state index in [-0.39, 0.29) is 5.69 Å². The zero-order valence-electron chi connectivity index (χ0n) is 11.5. The first-order chi connectivity index (χ1) is 9.88. The lowest BCUT2D eigenvalue weighted by molar-refractivity contribution is -0.141. The summed E-state index contributed by atoms with van der Waals surface area (Å²) in [5.41, 5.74) is 1.70. The number of aromatic amines is 1. The van der Waals surface area contributed by atoms with E-state index < -0.39 is 24.0 Å². The number of amides is 1. The summed E-state index contributed by atoms with van der Waals surface area (Å²) in [5.74, 6) is -1.89. The van der Waals surface area contributed by atoms with Gasteiger partial charge in [0.1, 0.15) is 5.69 Å². The molecule has 0 aliphatic heterocycles. The number of aryl methyl sites for hydroxylation is 1. The number of aliphatic hydroxyl groups excluding tert-OH is 1. The highest BCUT2D eigenvalue weighted by molar-refractivity contribution is 7.09. The highest BCUT2D eigenvalue weighted by Gasteiger charge is 2.26. The van der Waals surface area contributed by atoms with E-state index in [1.165, 1.54) is 18.3 Å². The lowest BCUT2D eigenvalue weighted by atomic mass is 10.2. The molecule has 2 rings (SSSR count). The fraction of sp³-hybridized carbons (Fsp3) is 0.308. The zero-order valence-corrected chi connectivity index (χ0v) is 12.3. The molecular weight excluding hydrogens is 294 g/mol. The summed E-state index contributed by atoms with van der Waals surface area (Å²) in [4.78, 5) is 30.0. The number of carboxylic acid groups (broad SMARTS) is 1. The van der Waals surface area contributed by atoms with Gasteiger partial charge >= 0.3 is 5.97 Å². The van der Waals surface area contributed by atoms with Gasteiger partial charge in [-0.1, -0.05) is 0 Å². The van der Waals surface area contributed by atoms with Gasteiger partial charge in [0.2, 0.25) is 0 Å². The maximum Gasteiger partial charge on any atom is 0.328 e. The minimum Gasteiger partial charge on any atom is -0.480 e. The van der Waals surface area contributed by atoms with Crippen molar-refractivity contribution in [3.8, 4) is 11.3 Å². The van der Waals surface area contributed by atoms with Gasteiger partial charge in [0, 0.05) is 17.1 Å². The van der Waals surface area contributed by atoms with Crippen LogP contribution in [0.3, 0.4) is 0 Å². The van der Waals surface area contributed by atoms with E-state index in [2.05, 4.69) is 15.3 Å². The van der Waals surface area contributed by atoms with Gasteiger partial charge in [-0.15, -0.1) is 11.3 Å². The third kappa shape index (κ3) is 3.47. The van der Waals surface area contributed by atoms with Gasteiger partial charge in [0.05, 0.1) is 16.8 Å². The monoisotopic (exact) mass is 309 g/mol. The fourth-order valence-electron chi connectivity index (χ4n) is 1.78. The Bertz CT molecular complexity index is 662. The molecule has 2 atom stereocenters. The fourth-order valence-corrected chi connectivity index (χ4v) is 2.40. The first kappa shape index (κ1) is 15.2. The Kier molecular flexibility index (Phi) is 4.39. The van der Waals surface area contributed by atoms with Crippen LogP contribution in [0.1, 0.15) is 22.4 Å². The highest BCUT2D eigenvalue weighted by atomic mass is 32.1. The normalized spacial score (nSPS) is 13.7. The SMILES string of the molecule is Cc1nc(-c2c[nH]c(C(=O)NC(C(=O)O)C(C)O)c2)cs1. The van der Waals surface area contributed by atoms with Gasteiger partial charge in [0.25, 0.3) is 5.91 Å². The van der Waals surface area contributed by atoms with E-state index in [1.54, 1.807) is 12.3 Å². The van der Waals surface area contributed by atoms with Crippen molar-refractivity contribution in [1.82, 2.24) is 15.3 Å². The lowest BCUT2D eigenvalue weighted by Gasteiger charge is -2.16. The number of H-pyrrole nitrogens is 1. The predicted octanol–water partition coefficient (Wildman–Crippen LogP) is 1.01. The van der Waals surface area contributed by atoms with Gasteiger partial charge in [-0.3, -0.25) is 4.79 Å². The van der Waals surface area contributed by atoms with E-state index in [0.717, 1.165) is 16.3 Å². The number of carboxylic acids is 1. The number of rotatable bonds is 5. The zero-order chi connectivity index (χ0) is 15.6. The van der Waals surface area contributed by atoms with Crippen LogP contribution < -0.4 is 5.32 Å². The largest absolute Gasteiger partial charge is 0.480 e. The summed E-state index contributed by atoms with van der Waals surface area (Å²) in [6.45, 7) is 3.19. The Morgan fingerprint density at radius 3 is 2.71 bits per heavy atom. The first-order valence-corrected chi connectivity index (χ1v) is 7.09. The molecule has 112 valence electrons. The molecule has 8 heteroatoms. The number of hydrogen-bond donors (Lipinski definition) is 4. The van der Waals surface area contributed by atoms with Gasteiger partial charge < -0.3 is 20.5 Å². The average Bonchev–Trinajstić information content (AvgIpc) is 3.03. The maximum atomic E-state index is 12.0. The number of carbonyl (C=O) groups is 2. The van der Waals surface area contributed by atoms with Crippen LogP contribution >= 0.6 is 11.3 Å². The van der Waals surface area contributed by atoms with Crippen molar-refractivity contribution in [1.29, 1.82) is 0 Å². The molecule has 0 radical (unpaired) electrons. The summed E-state index contributed by atoms with van der Waals surface area (Å²) in [6, 6.07) is 0.232. The molecule has 0 saturated carbocycles. The van der Waals surface area contributed by atoms with Crippen molar-refractivity contribution < 1.29 is 19.8 Å². The van der Waals surface area contributed by atoms with Crippen LogP contribution in [0.4, 0.5) is 0 Å². The molecule has 4 N–H and O–H groups in total. The summed E-state index contributed by atoms with van der Waals surface area (Å²) in [6.07, 6.45) is 0.434. The van der Waals surface area contributed by atoms with E-state index in [1.807, 2.05) is 12.3 Å². The molecule has 0 fully saturated rings. The Labute approximate surface area is 124 Å². The molecule has 2 heterocycles. The second-order valence-corrected chi connectivity index (χ2v) is 5.65. The molecular formula is C13H15N3O4S. The van der Waals surface area contributed by atoms with E-state index in [4.69, 9.17) is 5.11 Å². The molecule has 2 unspecified atom stereocenters. The Hall–Kier alpha value is -2.19. The topological polar surface area (TPSA) is 115 Å². The number of aromatic nitrogens is 2. The van der Waals surface area contributed by atoms with E-state index in [0.29, 0.717) is 0 Å². The summed E-state index contributed by atoms with van der Waals surface area (Å²) < 4.78 is 0.